The van der Waals surface area contributed by atoms with Crippen molar-refractivity contribution < 1.29 is 9.53 Å². The van der Waals surface area contributed by atoms with Gasteiger partial charge in [-0.2, -0.15) is 0 Å². The van der Waals surface area contributed by atoms with Gasteiger partial charge in [-0.15, -0.1) is 11.5 Å². The van der Waals surface area contributed by atoms with Crippen LogP contribution >= 0.6 is 0 Å². The molecule has 4 heteroatoms. The Bertz CT molecular complexity index is 471. The minimum Gasteiger partial charge on any atom is -0.412 e. The van der Waals surface area contributed by atoms with Gasteiger partial charge in [0.2, 0.25) is 0 Å². The van der Waals surface area contributed by atoms with Crippen LogP contribution in [0.4, 0.5) is 0 Å². The van der Waals surface area contributed by atoms with Gasteiger partial charge < -0.3 is 9.53 Å². The molecule has 0 saturated heterocycles. The molecule has 0 heterocycles. The Morgan fingerprint density at radius 1 is 0.808 bits per heavy atom. The summed E-state index contributed by atoms with van der Waals surface area (Å²) in [7, 11) is -3.64. The van der Waals surface area contributed by atoms with E-state index in [1.54, 1.807) is 0 Å². The van der Waals surface area contributed by atoms with Crippen LogP contribution in [0.5, 0.6) is 0 Å². The number of hydrogen-bond donors (Lipinski definition) is 1. The van der Waals surface area contributed by atoms with Gasteiger partial charge in [0.1, 0.15) is 8.07 Å². The first kappa shape index (κ1) is 25.9. The summed E-state index contributed by atoms with van der Waals surface area (Å²) in [4.78, 5) is 0. The fourth-order valence-electron chi connectivity index (χ4n) is 3.87. The molecule has 2 nitrogen and oxygen atoms in total. The van der Waals surface area contributed by atoms with Gasteiger partial charge in [-0.25, -0.2) is 0 Å². The maximum atomic E-state index is 10.8. The molecule has 0 aliphatic carbocycles. The van der Waals surface area contributed by atoms with Gasteiger partial charge in [0, 0.05) is 5.92 Å². The van der Waals surface area contributed by atoms with Gasteiger partial charge in [-0.1, -0.05) is 62.3 Å². The number of hydrogen-bond acceptors (Lipinski definition) is 2. The lowest BCUT2D eigenvalue weighted by Gasteiger charge is -2.40. The monoisotopic (exact) mass is 398 g/mol. The Morgan fingerprint density at radius 3 is 1.50 bits per heavy atom. The second-order valence-electron chi connectivity index (χ2n) is 10.5. The van der Waals surface area contributed by atoms with Crippen LogP contribution in [0, 0.1) is 17.4 Å². The van der Waals surface area contributed by atoms with E-state index in [4.69, 9.17) is 4.43 Å². The highest BCUT2D eigenvalue weighted by Crippen LogP contribution is 2.41. The third kappa shape index (κ3) is 5.96. The fraction of sp³-hybridized carbons (Fsp3) is 0.909. The largest absolute Gasteiger partial charge is 0.412 e. The average molecular weight is 399 g/mol. The SMILES string of the molecule is CC(C)[Si](C#C[C@@H](C)[C@H](O)[C@H](C)O[Si](C)(C)C(C)(C)C)(C(C)C)C(C)C. The van der Waals surface area contributed by atoms with Crippen molar-refractivity contribution in [1.29, 1.82) is 0 Å². The average Bonchev–Trinajstić information content (AvgIpc) is 2.43. The highest BCUT2D eigenvalue weighted by Gasteiger charge is 2.42. The lowest BCUT2D eigenvalue weighted by Crippen LogP contribution is -2.47. The molecule has 1 N–H and O–H groups in total. The van der Waals surface area contributed by atoms with Crippen molar-refractivity contribution >= 4 is 16.4 Å². The summed E-state index contributed by atoms with van der Waals surface area (Å²) in [6, 6.07) is 0. The molecule has 0 aromatic rings. The Balaban J connectivity index is 5.45. The van der Waals surface area contributed by atoms with Gasteiger partial charge in [-0.3, -0.25) is 0 Å². The molecule has 0 spiro atoms. The molecule has 154 valence electrons. The predicted octanol–water partition coefficient (Wildman–Crippen LogP) is 6.62. The van der Waals surface area contributed by atoms with Crippen LogP contribution in [0.3, 0.4) is 0 Å². The summed E-state index contributed by atoms with van der Waals surface area (Å²) < 4.78 is 6.39. The lowest BCUT2D eigenvalue weighted by molar-refractivity contribution is 0.0190. The maximum Gasteiger partial charge on any atom is 0.192 e. The number of rotatable bonds is 7. The van der Waals surface area contributed by atoms with E-state index in [1.807, 2.05) is 13.8 Å². The maximum absolute atomic E-state index is 10.8. The van der Waals surface area contributed by atoms with Crippen LogP contribution in [0.25, 0.3) is 0 Å². The number of aliphatic hydroxyl groups excluding tert-OH is 1. The smallest absolute Gasteiger partial charge is 0.192 e. The molecule has 0 saturated carbocycles. The summed E-state index contributed by atoms with van der Waals surface area (Å²) >= 11 is 0. The molecule has 0 aliphatic heterocycles. The Kier molecular flexibility index (Phi) is 9.38. The van der Waals surface area contributed by atoms with Crippen molar-refractivity contribution in [2.45, 2.75) is 123 Å². The molecule has 0 fully saturated rings. The van der Waals surface area contributed by atoms with Crippen molar-refractivity contribution in [2.75, 3.05) is 0 Å². The summed E-state index contributed by atoms with van der Waals surface area (Å²) in [6.45, 7) is 29.2. The molecule has 0 aromatic carbocycles. The van der Waals surface area contributed by atoms with Crippen LogP contribution in [0.2, 0.25) is 34.8 Å². The summed E-state index contributed by atoms with van der Waals surface area (Å²) in [5.74, 6) is 3.40. The van der Waals surface area contributed by atoms with E-state index in [2.05, 4.69) is 86.9 Å². The van der Waals surface area contributed by atoms with E-state index < -0.39 is 22.5 Å². The van der Waals surface area contributed by atoms with Gasteiger partial charge in [0.25, 0.3) is 0 Å². The van der Waals surface area contributed by atoms with E-state index in [0.717, 1.165) is 0 Å². The zero-order valence-corrected chi connectivity index (χ0v) is 21.8. The molecule has 0 aliphatic rings. The van der Waals surface area contributed by atoms with E-state index in [1.165, 1.54) is 0 Å². The van der Waals surface area contributed by atoms with E-state index >= 15 is 0 Å². The third-order valence-corrected chi connectivity index (χ3v) is 17.5. The standard InChI is InChI=1S/C22H46O2Si2/c1-16(2)26(17(3)4,18(5)6)15-14-19(7)21(23)20(8)24-25(12,13)22(9,10)11/h16-21,23H,1-13H3/t19-,20+,21+/m1/s1. The fourth-order valence-corrected chi connectivity index (χ4v) is 10.6. The van der Waals surface area contributed by atoms with Crippen molar-refractivity contribution in [1.82, 2.24) is 0 Å². The van der Waals surface area contributed by atoms with Crippen molar-refractivity contribution in [3.8, 4) is 11.5 Å². The number of aliphatic hydroxyl groups is 1. The molecular formula is C22H46O2Si2. The molecular weight excluding hydrogens is 352 g/mol. The van der Waals surface area contributed by atoms with E-state index in [9.17, 15) is 5.11 Å². The van der Waals surface area contributed by atoms with Crippen LogP contribution in [0.15, 0.2) is 0 Å². The highest BCUT2D eigenvalue weighted by atomic mass is 28.4. The van der Waals surface area contributed by atoms with E-state index in [0.29, 0.717) is 16.6 Å². The predicted molar refractivity (Wildman–Crippen MR) is 122 cm³/mol. The molecule has 0 unspecified atom stereocenters. The normalized spacial score (nSPS) is 17.3. The van der Waals surface area contributed by atoms with E-state index in [-0.39, 0.29) is 17.1 Å². The summed E-state index contributed by atoms with van der Waals surface area (Å²) in [5.41, 5.74) is 5.58. The first-order valence-electron chi connectivity index (χ1n) is 10.4. The Morgan fingerprint density at radius 2 is 1.19 bits per heavy atom. The molecule has 0 bridgehead atoms. The van der Waals surface area contributed by atoms with Crippen LogP contribution < -0.4 is 0 Å². The molecule has 0 rings (SSSR count). The first-order chi connectivity index (χ1) is 11.5. The van der Waals surface area contributed by atoms with Crippen LogP contribution in [-0.2, 0) is 4.43 Å². The Hall–Kier alpha value is -0.0862. The van der Waals surface area contributed by atoms with Crippen molar-refractivity contribution in [3.05, 3.63) is 0 Å². The quantitative estimate of drug-likeness (QED) is 0.386. The van der Waals surface area contributed by atoms with Gasteiger partial charge in [0.15, 0.2) is 8.32 Å². The summed E-state index contributed by atoms with van der Waals surface area (Å²) in [5, 5.41) is 11.0. The zero-order chi connectivity index (χ0) is 21.1. The second kappa shape index (κ2) is 9.41. The first-order valence-corrected chi connectivity index (χ1v) is 15.5. The zero-order valence-electron chi connectivity index (χ0n) is 19.8. The molecule has 0 amide bonds. The minimum atomic E-state index is -1.89. The van der Waals surface area contributed by atoms with Gasteiger partial charge in [0.05, 0.1) is 12.2 Å². The van der Waals surface area contributed by atoms with Crippen LogP contribution in [-0.4, -0.2) is 33.7 Å². The molecule has 3 atom stereocenters. The molecule has 26 heavy (non-hydrogen) atoms. The molecule has 0 aromatic heterocycles. The van der Waals surface area contributed by atoms with Crippen molar-refractivity contribution in [2.24, 2.45) is 5.92 Å². The topological polar surface area (TPSA) is 29.5 Å². The minimum absolute atomic E-state index is 0.0714. The Labute approximate surface area is 166 Å². The van der Waals surface area contributed by atoms with Gasteiger partial charge in [-0.05, 0) is 48.6 Å². The van der Waals surface area contributed by atoms with Crippen LogP contribution in [0.1, 0.15) is 76.2 Å². The van der Waals surface area contributed by atoms with Gasteiger partial charge >= 0.3 is 0 Å². The second-order valence-corrected chi connectivity index (χ2v) is 20.9. The molecule has 0 radical (unpaired) electrons. The van der Waals surface area contributed by atoms with Crippen molar-refractivity contribution in [3.63, 3.8) is 0 Å². The summed E-state index contributed by atoms with van der Waals surface area (Å²) in [6.07, 6.45) is -0.733. The third-order valence-electron chi connectivity index (χ3n) is 6.66. The lowest BCUT2D eigenvalue weighted by atomic mass is 10.0. The highest BCUT2D eigenvalue weighted by molar-refractivity contribution is 6.90.